The van der Waals surface area contributed by atoms with E-state index in [0.29, 0.717) is 0 Å². The second-order valence-corrected chi connectivity index (χ2v) is 8.71. The summed E-state index contributed by atoms with van der Waals surface area (Å²) < 4.78 is 23.1. The minimum atomic E-state index is -4.04. The molecule has 0 bridgehead atoms. The maximum atomic E-state index is 11.5. The van der Waals surface area contributed by atoms with Gasteiger partial charge in [-0.3, -0.25) is 10.1 Å². The van der Waals surface area contributed by atoms with E-state index in [1.165, 1.54) is 29.0 Å². The molecular weight excluding hydrogens is 398 g/mol. The third-order valence-corrected chi connectivity index (χ3v) is 6.19. The Labute approximate surface area is 167 Å². The van der Waals surface area contributed by atoms with E-state index in [9.17, 15) is 18.5 Å². The summed E-state index contributed by atoms with van der Waals surface area (Å²) in [4.78, 5) is 11.6. The minimum Gasteiger partial charge on any atom is -0.368 e. The molecule has 0 aliphatic rings. The molecule has 7 nitrogen and oxygen atoms in total. The Kier molecular flexibility index (Phi) is 5.78. The highest BCUT2D eigenvalue weighted by Crippen LogP contribution is 2.34. The molecule has 0 aliphatic carbocycles. The van der Waals surface area contributed by atoms with Crippen LogP contribution in [0.5, 0.6) is 0 Å². The number of primary sulfonamides is 1. The summed E-state index contributed by atoms with van der Waals surface area (Å²) in [5, 5.41) is 21.8. The normalized spacial score (nSPS) is 12.5. The smallest absolute Gasteiger partial charge is 0.293 e. The molecule has 3 rings (SSSR count). The van der Waals surface area contributed by atoms with Crippen LogP contribution in [0.25, 0.3) is 0 Å². The van der Waals surface area contributed by atoms with Crippen LogP contribution in [0.1, 0.15) is 29.0 Å². The summed E-state index contributed by atoms with van der Waals surface area (Å²) in [6.07, 6.45) is 0.915. The SMILES string of the molecule is CCc1ccc([C@@H](Nc2ccc(S(N)(=O)=O)cc2[N+](=O)[O-])c2cccs2)cc1. The van der Waals surface area contributed by atoms with Gasteiger partial charge in [0.1, 0.15) is 5.69 Å². The maximum Gasteiger partial charge on any atom is 0.293 e. The summed E-state index contributed by atoms with van der Waals surface area (Å²) in [6.45, 7) is 2.07. The van der Waals surface area contributed by atoms with Crippen LogP contribution in [0.4, 0.5) is 11.4 Å². The Hall–Kier alpha value is -2.75. The summed E-state index contributed by atoms with van der Waals surface area (Å²) in [7, 11) is -4.04. The van der Waals surface area contributed by atoms with E-state index < -0.39 is 14.9 Å². The second-order valence-electron chi connectivity index (χ2n) is 6.17. The summed E-state index contributed by atoms with van der Waals surface area (Å²) in [6, 6.07) is 15.2. The van der Waals surface area contributed by atoms with Crippen LogP contribution in [0.3, 0.4) is 0 Å². The maximum absolute atomic E-state index is 11.5. The lowest BCUT2D eigenvalue weighted by molar-refractivity contribution is -0.384. The lowest BCUT2D eigenvalue weighted by Gasteiger charge is -2.20. The van der Waals surface area contributed by atoms with Gasteiger partial charge in [0.25, 0.3) is 5.69 Å². The lowest BCUT2D eigenvalue weighted by atomic mass is 10.0. The Morgan fingerprint density at radius 1 is 1.18 bits per heavy atom. The second kappa shape index (κ2) is 8.09. The van der Waals surface area contributed by atoms with Crippen molar-refractivity contribution in [1.29, 1.82) is 0 Å². The van der Waals surface area contributed by atoms with Gasteiger partial charge in [-0.1, -0.05) is 37.3 Å². The molecule has 0 unspecified atom stereocenters. The molecule has 0 saturated carbocycles. The van der Waals surface area contributed by atoms with E-state index in [-0.39, 0.29) is 22.3 Å². The number of aryl methyl sites for hydroxylation is 1. The average molecular weight is 418 g/mol. The van der Waals surface area contributed by atoms with Gasteiger partial charge >= 0.3 is 0 Å². The van der Waals surface area contributed by atoms with Gasteiger partial charge in [-0.2, -0.15) is 0 Å². The van der Waals surface area contributed by atoms with Crippen LogP contribution in [0.2, 0.25) is 0 Å². The molecule has 0 amide bonds. The number of anilines is 1. The first kappa shape index (κ1) is 20.0. The fourth-order valence-corrected chi connectivity index (χ4v) is 4.17. The zero-order valence-corrected chi connectivity index (χ0v) is 16.7. The third kappa shape index (κ3) is 4.38. The van der Waals surface area contributed by atoms with Crippen LogP contribution in [-0.4, -0.2) is 13.3 Å². The van der Waals surface area contributed by atoms with Gasteiger partial charge in [-0.05, 0) is 41.1 Å². The van der Waals surface area contributed by atoms with Crippen molar-refractivity contribution < 1.29 is 13.3 Å². The number of nitrogens with one attached hydrogen (secondary N) is 1. The molecule has 1 heterocycles. The van der Waals surface area contributed by atoms with Crippen molar-refractivity contribution in [3.63, 3.8) is 0 Å². The number of nitro groups is 1. The van der Waals surface area contributed by atoms with Crippen molar-refractivity contribution in [3.05, 3.63) is 86.1 Å². The van der Waals surface area contributed by atoms with Crippen molar-refractivity contribution in [2.45, 2.75) is 24.3 Å². The van der Waals surface area contributed by atoms with Gasteiger partial charge in [0.05, 0.1) is 15.9 Å². The first-order chi connectivity index (χ1) is 13.3. The van der Waals surface area contributed by atoms with Gasteiger partial charge in [-0.25, -0.2) is 13.6 Å². The fraction of sp³-hybridized carbons (Fsp3) is 0.158. The molecule has 3 aromatic rings. The Balaban J connectivity index is 2.04. The van der Waals surface area contributed by atoms with Crippen LogP contribution in [0.15, 0.2) is 64.9 Å². The molecule has 0 saturated heterocycles. The number of hydrogen-bond acceptors (Lipinski definition) is 6. The molecule has 28 heavy (non-hydrogen) atoms. The number of thiophene rings is 1. The molecule has 3 N–H and O–H groups in total. The topological polar surface area (TPSA) is 115 Å². The van der Waals surface area contributed by atoms with Crippen LogP contribution >= 0.6 is 11.3 Å². The van der Waals surface area contributed by atoms with Crippen LogP contribution in [0, 0.1) is 10.1 Å². The number of nitrogens with zero attached hydrogens (tertiary/aromatic N) is 1. The first-order valence-electron chi connectivity index (χ1n) is 8.49. The zero-order chi connectivity index (χ0) is 20.3. The number of rotatable bonds is 7. The van der Waals surface area contributed by atoms with Crippen molar-refractivity contribution in [2.75, 3.05) is 5.32 Å². The van der Waals surface area contributed by atoms with E-state index in [2.05, 4.69) is 12.2 Å². The van der Waals surface area contributed by atoms with Gasteiger partial charge in [0, 0.05) is 10.9 Å². The Morgan fingerprint density at radius 2 is 1.89 bits per heavy atom. The average Bonchev–Trinajstić information content (AvgIpc) is 3.19. The predicted octanol–water partition coefficient (Wildman–Crippen LogP) is 4.07. The quantitative estimate of drug-likeness (QED) is 0.444. The third-order valence-electron chi connectivity index (χ3n) is 4.34. The molecule has 146 valence electrons. The molecule has 0 radical (unpaired) electrons. The van der Waals surface area contributed by atoms with Crippen LogP contribution in [-0.2, 0) is 16.4 Å². The standard InChI is InChI=1S/C19H19N3O4S2/c1-2-13-5-7-14(8-6-13)19(18-4-3-11-27-18)21-16-10-9-15(28(20,25)26)12-17(16)22(23)24/h3-12,19,21H,2H2,1H3,(H2,20,25,26)/t19-/m1/s1. The van der Waals surface area contributed by atoms with Gasteiger partial charge in [-0.15, -0.1) is 11.3 Å². The van der Waals surface area contributed by atoms with Gasteiger partial charge < -0.3 is 5.32 Å². The molecule has 0 fully saturated rings. The van der Waals surface area contributed by atoms with Crippen molar-refractivity contribution in [3.8, 4) is 0 Å². The van der Waals surface area contributed by atoms with E-state index in [4.69, 9.17) is 5.14 Å². The summed E-state index contributed by atoms with van der Waals surface area (Å²) in [5.41, 5.74) is 2.01. The van der Waals surface area contributed by atoms with Crippen molar-refractivity contribution in [1.82, 2.24) is 0 Å². The highest BCUT2D eigenvalue weighted by Gasteiger charge is 2.23. The van der Waals surface area contributed by atoms with Crippen LogP contribution < -0.4 is 10.5 Å². The van der Waals surface area contributed by atoms with Crippen molar-refractivity contribution >= 4 is 32.7 Å². The number of sulfonamides is 1. The minimum absolute atomic E-state index is 0.218. The number of nitrogens with two attached hydrogens (primary N) is 1. The Morgan fingerprint density at radius 3 is 2.43 bits per heavy atom. The molecule has 9 heteroatoms. The molecular formula is C19H19N3O4S2. The van der Waals surface area contributed by atoms with E-state index >= 15 is 0 Å². The molecule has 0 spiro atoms. The predicted molar refractivity (Wildman–Crippen MR) is 110 cm³/mol. The number of benzene rings is 2. The highest BCUT2D eigenvalue weighted by molar-refractivity contribution is 7.89. The monoisotopic (exact) mass is 417 g/mol. The van der Waals surface area contributed by atoms with E-state index in [1.54, 1.807) is 0 Å². The highest BCUT2D eigenvalue weighted by atomic mass is 32.2. The Bertz CT molecular complexity index is 1080. The van der Waals surface area contributed by atoms with Gasteiger partial charge in [0.15, 0.2) is 0 Å². The van der Waals surface area contributed by atoms with Crippen molar-refractivity contribution in [2.24, 2.45) is 5.14 Å². The van der Waals surface area contributed by atoms with Gasteiger partial charge in [0.2, 0.25) is 10.0 Å². The first-order valence-corrected chi connectivity index (χ1v) is 10.9. The molecule has 1 aromatic heterocycles. The molecule has 2 aromatic carbocycles. The zero-order valence-electron chi connectivity index (χ0n) is 15.0. The van der Waals surface area contributed by atoms with E-state index in [1.807, 2.05) is 41.8 Å². The molecule has 1 atom stereocenters. The van der Waals surface area contributed by atoms with E-state index in [0.717, 1.165) is 22.9 Å². The number of hydrogen-bond donors (Lipinski definition) is 2. The number of nitro benzene ring substituents is 1. The largest absolute Gasteiger partial charge is 0.368 e. The molecule has 0 aliphatic heterocycles. The summed E-state index contributed by atoms with van der Waals surface area (Å²) in [5.74, 6) is 0. The fourth-order valence-electron chi connectivity index (χ4n) is 2.84. The lowest BCUT2D eigenvalue weighted by Crippen LogP contribution is -2.15. The summed E-state index contributed by atoms with van der Waals surface area (Å²) >= 11 is 1.53.